The number of thioether (sulfide) groups is 1. The van der Waals surface area contributed by atoms with Gasteiger partial charge >= 0.3 is 0 Å². The molecule has 0 aromatic heterocycles. The predicted octanol–water partition coefficient (Wildman–Crippen LogP) is 2.76. The van der Waals surface area contributed by atoms with Crippen molar-refractivity contribution < 1.29 is 9.59 Å². The van der Waals surface area contributed by atoms with E-state index in [1.807, 2.05) is 6.92 Å². The van der Waals surface area contributed by atoms with E-state index in [1.54, 1.807) is 6.92 Å². The van der Waals surface area contributed by atoms with Gasteiger partial charge in [-0.05, 0) is 40.0 Å². The zero-order valence-electron chi connectivity index (χ0n) is 11.4. The van der Waals surface area contributed by atoms with Crippen LogP contribution in [0.4, 0.5) is 0 Å². The molecule has 18 heavy (non-hydrogen) atoms. The van der Waals surface area contributed by atoms with Crippen LogP contribution in [0.3, 0.4) is 0 Å². The van der Waals surface area contributed by atoms with Crippen LogP contribution >= 0.6 is 11.8 Å². The summed E-state index contributed by atoms with van der Waals surface area (Å²) in [5.41, 5.74) is 2.09. The maximum absolute atomic E-state index is 12.0. The minimum absolute atomic E-state index is 0.183. The first kappa shape index (κ1) is 13.7. The van der Waals surface area contributed by atoms with E-state index in [0.29, 0.717) is 6.42 Å². The van der Waals surface area contributed by atoms with Gasteiger partial charge in [0.15, 0.2) is 0 Å². The first-order valence-electron chi connectivity index (χ1n) is 6.63. The summed E-state index contributed by atoms with van der Waals surface area (Å²) in [6.07, 6.45) is 3.74. The summed E-state index contributed by atoms with van der Waals surface area (Å²) in [5, 5.41) is 0.183. The maximum Gasteiger partial charge on any atom is 0.217 e. The van der Waals surface area contributed by atoms with E-state index in [2.05, 4.69) is 11.8 Å². The van der Waals surface area contributed by atoms with Gasteiger partial charge in [-0.15, -0.1) is 0 Å². The standard InChI is InChI=1S/C14H21NO2S/c1-10(16)6-7-14(3)12(11(2)13(17)18-14)15-8-4-5-9-15/h4-9H2,1-3H3. The van der Waals surface area contributed by atoms with Gasteiger partial charge < -0.3 is 9.69 Å². The number of hydrogen-bond acceptors (Lipinski definition) is 4. The number of carbonyl (C=O) groups excluding carboxylic acids is 2. The van der Waals surface area contributed by atoms with E-state index >= 15 is 0 Å². The van der Waals surface area contributed by atoms with Gasteiger partial charge in [-0.25, -0.2) is 0 Å². The molecule has 0 spiro atoms. The Morgan fingerprint density at radius 3 is 2.56 bits per heavy atom. The third-order valence-electron chi connectivity index (χ3n) is 3.86. The van der Waals surface area contributed by atoms with Crippen molar-refractivity contribution in [2.75, 3.05) is 13.1 Å². The Labute approximate surface area is 113 Å². The molecule has 0 aromatic carbocycles. The molecule has 0 aliphatic carbocycles. The molecule has 0 bridgehead atoms. The van der Waals surface area contributed by atoms with Gasteiger partial charge in [0, 0.05) is 30.8 Å². The van der Waals surface area contributed by atoms with Crippen molar-refractivity contribution in [2.24, 2.45) is 0 Å². The zero-order chi connectivity index (χ0) is 13.3. The highest BCUT2D eigenvalue weighted by Crippen LogP contribution is 2.48. The van der Waals surface area contributed by atoms with Gasteiger partial charge in [0.05, 0.1) is 4.75 Å². The number of carbonyl (C=O) groups is 2. The smallest absolute Gasteiger partial charge is 0.217 e. The van der Waals surface area contributed by atoms with Gasteiger partial charge in [0.1, 0.15) is 5.78 Å². The molecule has 0 radical (unpaired) electrons. The lowest BCUT2D eigenvalue weighted by Gasteiger charge is -2.33. The molecule has 2 rings (SSSR count). The summed E-state index contributed by atoms with van der Waals surface area (Å²) in [4.78, 5) is 25.6. The Morgan fingerprint density at radius 1 is 1.39 bits per heavy atom. The van der Waals surface area contributed by atoms with E-state index in [-0.39, 0.29) is 15.6 Å². The molecule has 4 heteroatoms. The van der Waals surface area contributed by atoms with E-state index in [1.165, 1.54) is 30.3 Å². The molecule has 2 aliphatic heterocycles. The Hall–Kier alpha value is -0.770. The topological polar surface area (TPSA) is 37.4 Å². The van der Waals surface area contributed by atoms with Crippen LogP contribution in [-0.2, 0) is 9.59 Å². The van der Waals surface area contributed by atoms with Crippen LogP contribution in [0, 0.1) is 0 Å². The minimum Gasteiger partial charge on any atom is -0.373 e. The summed E-state index contributed by atoms with van der Waals surface area (Å²) in [6, 6.07) is 0. The molecule has 0 saturated carbocycles. The highest BCUT2D eigenvalue weighted by Gasteiger charge is 2.44. The fraction of sp³-hybridized carbons (Fsp3) is 0.714. The summed E-state index contributed by atoms with van der Waals surface area (Å²) in [5.74, 6) is 0.203. The number of Topliss-reactive ketones (excluding diaryl/α,β-unsaturated/α-hetero) is 1. The molecule has 0 aromatic rings. The minimum atomic E-state index is -0.197. The van der Waals surface area contributed by atoms with Crippen molar-refractivity contribution in [2.45, 2.75) is 51.2 Å². The van der Waals surface area contributed by atoms with Gasteiger partial charge in [-0.3, -0.25) is 4.79 Å². The number of ketones is 1. The monoisotopic (exact) mass is 267 g/mol. The van der Waals surface area contributed by atoms with Crippen molar-refractivity contribution in [1.29, 1.82) is 0 Å². The third-order valence-corrected chi connectivity index (χ3v) is 5.20. The van der Waals surface area contributed by atoms with E-state index in [9.17, 15) is 9.59 Å². The van der Waals surface area contributed by atoms with Gasteiger partial charge in [-0.1, -0.05) is 11.8 Å². The van der Waals surface area contributed by atoms with Crippen LogP contribution < -0.4 is 0 Å². The normalized spacial score (nSPS) is 28.4. The molecule has 1 unspecified atom stereocenters. The van der Waals surface area contributed by atoms with E-state index in [0.717, 1.165) is 25.1 Å². The second-order valence-electron chi connectivity index (χ2n) is 5.49. The Morgan fingerprint density at radius 2 is 2.00 bits per heavy atom. The first-order chi connectivity index (χ1) is 8.44. The average Bonchev–Trinajstić information content (AvgIpc) is 2.86. The van der Waals surface area contributed by atoms with Crippen molar-refractivity contribution in [3.63, 3.8) is 0 Å². The van der Waals surface area contributed by atoms with Gasteiger partial charge in [0.25, 0.3) is 0 Å². The molecule has 1 atom stereocenters. The fourth-order valence-electron chi connectivity index (χ4n) is 2.92. The molecule has 0 amide bonds. The Bertz CT molecular complexity index is 410. The quantitative estimate of drug-likeness (QED) is 0.785. The highest BCUT2D eigenvalue weighted by atomic mass is 32.2. The molecule has 0 N–H and O–H groups in total. The molecule has 2 aliphatic rings. The SMILES string of the molecule is CC(=O)CCC1(C)SC(=O)C(C)=C1N1CCCC1. The summed E-state index contributed by atoms with van der Waals surface area (Å²) < 4.78 is -0.197. The fourth-order valence-corrected chi connectivity index (χ4v) is 4.16. The first-order valence-corrected chi connectivity index (χ1v) is 7.45. The van der Waals surface area contributed by atoms with Crippen molar-refractivity contribution in [3.8, 4) is 0 Å². The second kappa shape index (κ2) is 5.08. The van der Waals surface area contributed by atoms with E-state index < -0.39 is 0 Å². The van der Waals surface area contributed by atoms with Gasteiger partial charge in [0.2, 0.25) is 5.12 Å². The summed E-state index contributed by atoms with van der Waals surface area (Å²) in [6.45, 7) is 7.77. The van der Waals surface area contributed by atoms with Crippen LogP contribution in [0.2, 0.25) is 0 Å². The molecular weight excluding hydrogens is 246 g/mol. The second-order valence-corrected chi connectivity index (χ2v) is 6.97. The van der Waals surface area contributed by atoms with Crippen LogP contribution in [0.25, 0.3) is 0 Å². The van der Waals surface area contributed by atoms with Crippen LogP contribution in [0.5, 0.6) is 0 Å². The lowest BCUT2D eigenvalue weighted by Crippen LogP contribution is -2.33. The molecule has 100 valence electrons. The maximum atomic E-state index is 12.0. The van der Waals surface area contributed by atoms with Crippen molar-refractivity contribution >= 4 is 22.7 Å². The molecular formula is C14H21NO2S. The average molecular weight is 267 g/mol. The number of likely N-dealkylation sites (tertiary alicyclic amines) is 1. The third kappa shape index (κ3) is 2.48. The predicted molar refractivity (Wildman–Crippen MR) is 74.4 cm³/mol. The largest absolute Gasteiger partial charge is 0.373 e. The summed E-state index contributed by atoms with van der Waals surface area (Å²) in [7, 11) is 0. The summed E-state index contributed by atoms with van der Waals surface area (Å²) >= 11 is 1.41. The Balaban J connectivity index is 2.23. The van der Waals surface area contributed by atoms with Crippen LogP contribution in [0.1, 0.15) is 46.5 Å². The Kier molecular flexibility index (Phi) is 3.85. The molecule has 2 heterocycles. The highest BCUT2D eigenvalue weighted by molar-refractivity contribution is 8.15. The van der Waals surface area contributed by atoms with Crippen LogP contribution in [-0.4, -0.2) is 33.6 Å². The van der Waals surface area contributed by atoms with Crippen LogP contribution in [0.15, 0.2) is 11.3 Å². The number of hydrogen-bond donors (Lipinski definition) is 0. The van der Waals surface area contributed by atoms with Crippen molar-refractivity contribution in [3.05, 3.63) is 11.3 Å². The van der Waals surface area contributed by atoms with E-state index in [4.69, 9.17) is 0 Å². The molecule has 1 fully saturated rings. The number of rotatable bonds is 4. The zero-order valence-corrected chi connectivity index (χ0v) is 12.2. The molecule has 1 saturated heterocycles. The van der Waals surface area contributed by atoms with Gasteiger partial charge in [-0.2, -0.15) is 0 Å². The lowest BCUT2D eigenvalue weighted by atomic mass is 9.95. The van der Waals surface area contributed by atoms with Crippen molar-refractivity contribution in [1.82, 2.24) is 4.90 Å². The number of nitrogens with zero attached hydrogens (tertiary/aromatic N) is 1. The lowest BCUT2D eigenvalue weighted by molar-refractivity contribution is -0.117. The molecule has 3 nitrogen and oxygen atoms in total.